The van der Waals surface area contributed by atoms with Gasteiger partial charge in [-0.15, -0.1) is 0 Å². The highest BCUT2D eigenvalue weighted by Gasteiger charge is 2.35. The van der Waals surface area contributed by atoms with Crippen LogP contribution in [0.25, 0.3) is 0 Å². The molecule has 1 fully saturated rings. The minimum atomic E-state index is -0.159. The number of nitrogens with zero attached hydrogens (tertiary/aromatic N) is 5. The second-order valence-electron chi connectivity index (χ2n) is 6.62. The Morgan fingerprint density at radius 2 is 2.40 bits per heavy atom. The van der Waals surface area contributed by atoms with Crippen molar-refractivity contribution in [2.75, 3.05) is 11.9 Å². The number of anilines is 1. The lowest BCUT2D eigenvalue weighted by atomic mass is 10.1. The maximum absolute atomic E-state index is 12.9. The number of carbonyl (C=O) groups excluding carboxylic acids is 1. The number of hydrogen-bond acceptors (Lipinski definition) is 6. The van der Waals surface area contributed by atoms with Gasteiger partial charge in [-0.2, -0.15) is 5.10 Å². The lowest BCUT2D eigenvalue weighted by Crippen LogP contribution is -2.47. The van der Waals surface area contributed by atoms with Gasteiger partial charge in [0.1, 0.15) is 18.4 Å². The highest BCUT2D eigenvalue weighted by molar-refractivity contribution is 5.94. The van der Waals surface area contributed by atoms with Crippen molar-refractivity contribution in [3.8, 4) is 0 Å². The van der Waals surface area contributed by atoms with E-state index in [0.717, 1.165) is 45.2 Å². The van der Waals surface area contributed by atoms with Gasteiger partial charge in [-0.3, -0.25) is 14.4 Å². The third kappa shape index (κ3) is 4.45. The molecule has 0 aromatic carbocycles. The monoisotopic (exact) mass is 346 g/mol. The molecule has 0 unspecified atom stereocenters. The summed E-state index contributed by atoms with van der Waals surface area (Å²) >= 11 is 0. The Balaban J connectivity index is 1.70. The molecule has 0 saturated carbocycles. The lowest BCUT2D eigenvalue weighted by molar-refractivity contribution is -0.122. The molecule has 0 radical (unpaired) electrons. The van der Waals surface area contributed by atoms with Crippen molar-refractivity contribution in [3.05, 3.63) is 24.5 Å². The number of nitrogens with one attached hydrogen (secondary N) is 1. The molecule has 1 aliphatic heterocycles. The van der Waals surface area contributed by atoms with E-state index in [4.69, 9.17) is 4.52 Å². The maximum Gasteiger partial charge on any atom is 0.242 e. The van der Waals surface area contributed by atoms with Crippen LogP contribution in [0, 0.1) is 6.92 Å². The molecule has 0 bridgehead atoms. The zero-order valence-corrected chi connectivity index (χ0v) is 14.9. The van der Waals surface area contributed by atoms with Gasteiger partial charge in [0.15, 0.2) is 5.82 Å². The molecule has 2 aromatic rings. The first-order valence-electron chi connectivity index (χ1n) is 8.99. The topological polar surface area (TPSA) is 89.1 Å². The Morgan fingerprint density at radius 3 is 3.08 bits per heavy atom. The summed E-state index contributed by atoms with van der Waals surface area (Å²) in [4.78, 5) is 19.2. The Kier molecular flexibility index (Phi) is 5.80. The molecular weight excluding hydrogens is 320 g/mol. The third-order valence-electron chi connectivity index (χ3n) is 4.70. The lowest BCUT2D eigenvalue weighted by Gasteiger charge is -2.32. The smallest absolute Gasteiger partial charge is 0.242 e. The van der Waals surface area contributed by atoms with Gasteiger partial charge in [-0.05, 0) is 32.7 Å². The van der Waals surface area contributed by atoms with E-state index in [-0.39, 0.29) is 11.9 Å². The minimum absolute atomic E-state index is 0.00718. The second-order valence-corrected chi connectivity index (χ2v) is 6.62. The molecule has 25 heavy (non-hydrogen) atoms. The van der Waals surface area contributed by atoms with Crippen LogP contribution < -0.4 is 5.32 Å². The van der Waals surface area contributed by atoms with Gasteiger partial charge < -0.3 is 9.84 Å². The van der Waals surface area contributed by atoms with Crippen LogP contribution in [-0.4, -0.2) is 49.4 Å². The van der Waals surface area contributed by atoms with E-state index < -0.39 is 0 Å². The Labute approximate surface area is 147 Å². The van der Waals surface area contributed by atoms with Crippen LogP contribution in [-0.2, 0) is 11.3 Å². The largest absolute Gasteiger partial charge is 0.360 e. The molecule has 1 amide bonds. The van der Waals surface area contributed by atoms with E-state index in [1.165, 1.54) is 0 Å². The van der Waals surface area contributed by atoms with Gasteiger partial charge in [-0.25, -0.2) is 4.98 Å². The van der Waals surface area contributed by atoms with Gasteiger partial charge in [0.05, 0.1) is 12.6 Å². The van der Waals surface area contributed by atoms with Crippen molar-refractivity contribution in [2.45, 2.75) is 64.6 Å². The predicted molar refractivity (Wildman–Crippen MR) is 92.9 cm³/mol. The van der Waals surface area contributed by atoms with Gasteiger partial charge in [0, 0.05) is 12.1 Å². The van der Waals surface area contributed by atoms with Crippen LogP contribution >= 0.6 is 0 Å². The van der Waals surface area contributed by atoms with E-state index in [2.05, 4.69) is 32.4 Å². The van der Waals surface area contributed by atoms with Crippen LogP contribution in [0.3, 0.4) is 0 Å². The van der Waals surface area contributed by atoms with Crippen molar-refractivity contribution in [3.63, 3.8) is 0 Å². The molecule has 136 valence electrons. The SMILES string of the molecule is CCCC[C@@H](C(=O)Nc1cc(C)on1)N1CCC[C@H]1Cn1cncn1. The van der Waals surface area contributed by atoms with Crippen LogP contribution in [0.5, 0.6) is 0 Å². The van der Waals surface area contributed by atoms with E-state index >= 15 is 0 Å². The highest BCUT2D eigenvalue weighted by atomic mass is 16.5. The van der Waals surface area contributed by atoms with E-state index in [9.17, 15) is 4.79 Å². The summed E-state index contributed by atoms with van der Waals surface area (Å²) in [5.41, 5.74) is 0. The van der Waals surface area contributed by atoms with Crippen molar-refractivity contribution in [2.24, 2.45) is 0 Å². The molecule has 8 heteroatoms. The number of amides is 1. The number of aryl methyl sites for hydroxylation is 1. The fraction of sp³-hybridized carbons (Fsp3) is 0.647. The summed E-state index contributed by atoms with van der Waals surface area (Å²) in [5, 5.41) is 11.0. The molecule has 2 atom stereocenters. The first kappa shape index (κ1) is 17.6. The Hall–Kier alpha value is -2.22. The summed E-state index contributed by atoms with van der Waals surface area (Å²) in [7, 11) is 0. The number of rotatable bonds is 8. The van der Waals surface area contributed by atoms with Crippen LogP contribution in [0.1, 0.15) is 44.8 Å². The first-order chi connectivity index (χ1) is 12.2. The molecule has 0 spiro atoms. The highest BCUT2D eigenvalue weighted by Crippen LogP contribution is 2.25. The molecule has 1 N–H and O–H groups in total. The van der Waals surface area contributed by atoms with E-state index in [0.29, 0.717) is 17.6 Å². The van der Waals surface area contributed by atoms with Crippen LogP contribution in [0.2, 0.25) is 0 Å². The van der Waals surface area contributed by atoms with E-state index in [1.54, 1.807) is 18.7 Å². The third-order valence-corrected chi connectivity index (χ3v) is 4.70. The molecular formula is C17H26N6O2. The number of aromatic nitrogens is 4. The first-order valence-corrected chi connectivity index (χ1v) is 8.99. The standard InChI is InChI=1S/C17H26N6O2/c1-3-4-7-15(17(24)20-16-9-13(2)25-21-16)23-8-5-6-14(23)10-22-12-18-11-19-22/h9,11-12,14-15H,3-8,10H2,1-2H3,(H,20,21,24)/t14-,15-/m0/s1. The van der Waals surface area contributed by atoms with Gasteiger partial charge in [-0.1, -0.05) is 24.9 Å². The van der Waals surface area contributed by atoms with Crippen LogP contribution in [0.15, 0.2) is 23.2 Å². The molecule has 3 rings (SSSR count). The fourth-order valence-electron chi connectivity index (χ4n) is 3.49. The number of unbranched alkanes of at least 4 members (excludes halogenated alkanes) is 1. The zero-order chi connectivity index (χ0) is 17.6. The summed E-state index contributed by atoms with van der Waals surface area (Å²) < 4.78 is 6.89. The number of carbonyl (C=O) groups is 1. The summed E-state index contributed by atoms with van der Waals surface area (Å²) in [6.07, 6.45) is 8.37. The van der Waals surface area contributed by atoms with Gasteiger partial charge >= 0.3 is 0 Å². The zero-order valence-electron chi connectivity index (χ0n) is 14.9. The number of hydrogen-bond donors (Lipinski definition) is 1. The molecule has 1 aliphatic rings. The molecule has 0 aliphatic carbocycles. The maximum atomic E-state index is 12.9. The van der Waals surface area contributed by atoms with Crippen molar-refractivity contribution < 1.29 is 9.32 Å². The molecule has 2 aromatic heterocycles. The summed E-state index contributed by atoms with van der Waals surface area (Å²) in [6.45, 7) is 5.65. The van der Waals surface area contributed by atoms with Gasteiger partial charge in [0.25, 0.3) is 0 Å². The second kappa shape index (κ2) is 8.24. The summed E-state index contributed by atoms with van der Waals surface area (Å²) in [6, 6.07) is 1.88. The summed E-state index contributed by atoms with van der Waals surface area (Å²) in [5.74, 6) is 1.16. The molecule has 3 heterocycles. The van der Waals surface area contributed by atoms with Crippen molar-refractivity contribution in [1.29, 1.82) is 0 Å². The normalized spacial score (nSPS) is 19.2. The van der Waals surface area contributed by atoms with Crippen molar-refractivity contribution >= 4 is 11.7 Å². The molecule has 8 nitrogen and oxygen atoms in total. The average molecular weight is 346 g/mol. The Morgan fingerprint density at radius 1 is 1.52 bits per heavy atom. The quantitative estimate of drug-likeness (QED) is 0.788. The average Bonchev–Trinajstić information content (AvgIpc) is 3.32. The van der Waals surface area contributed by atoms with E-state index in [1.807, 2.05) is 11.6 Å². The van der Waals surface area contributed by atoms with Crippen molar-refractivity contribution in [1.82, 2.24) is 24.8 Å². The van der Waals surface area contributed by atoms with Gasteiger partial charge in [0.2, 0.25) is 5.91 Å². The fourth-order valence-corrected chi connectivity index (χ4v) is 3.49. The van der Waals surface area contributed by atoms with Crippen LogP contribution in [0.4, 0.5) is 5.82 Å². The minimum Gasteiger partial charge on any atom is -0.360 e. The predicted octanol–water partition coefficient (Wildman–Crippen LogP) is 2.24. The Bertz CT molecular complexity index is 668. The number of likely N-dealkylation sites (tertiary alicyclic amines) is 1. The molecule has 1 saturated heterocycles.